The van der Waals surface area contributed by atoms with Gasteiger partial charge in [0.25, 0.3) is 0 Å². The molecule has 0 aromatic carbocycles. The summed E-state index contributed by atoms with van der Waals surface area (Å²) in [5, 5.41) is 0. The van der Waals surface area contributed by atoms with Crippen molar-refractivity contribution in [2.24, 2.45) is 12.8 Å². The molecular formula is C11H20N4O2. The topological polar surface area (TPSA) is 73.4 Å². The molecule has 0 fully saturated rings. The number of hydrogen-bond acceptors (Lipinski definition) is 5. The fraction of sp³-hybridized carbons (Fsp3) is 0.636. The van der Waals surface area contributed by atoms with E-state index in [4.69, 9.17) is 5.73 Å². The molecule has 96 valence electrons. The minimum Gasteiger partial charge on any atom is -0.468 e. The molecule has 17 heavy (non-hydrogen) atoms. The van der Waals surface area contributed by atoms with Gasteiger partial charge in [-0.05, 0) is 13.5 Å². The van der Waals surface area contributed by atoms with Crippen molar-refractivity contribution in [3.8, 4) is 0 Å². The molecule has 1 aromatic heterocycles. The molecule has 0 saturated heterocycles. The minimum absolute atomic E-state index is 0.365. The molecular weight excluding hydrogens is 220 g/mol. The molecule has 0 radical (unpaired) electrons. The zero-order chi connectivity index (χ0) is 12.8. The number of aromatic nitrogens is 2. The summed E-state index contributed by atoms with van der Waals surface area (Å²) in [5.41, 5.74) is 5.66. The maximum atomic E-state index is 11.1. The number of carbonyl (C=O) groups excluding carboxylic acids is 1. The molecule has 0 aliphatic heterocycles. The number of carbonyl (C=O) groups is 1. The molecule has 0 aliphatic carbocycles. The Kier molecular flexibility index (Phi) is 5.11. The van der Waals surface area contributed by atoms with Crippen LogP contribution in [0.25, 0.3) is 0 Å². The van der Waals surface area contributed by atoms with Crippen LogP contribution in [0.2, 0.25) is 0 Å². The van der Waals surface area contributed by atoms with Crippen molar-refractivity contribution in [2.75, 3.05) is 20.7 Å². The highest BCUT2D eigenvalue weighted by molar-refractivity contribution is 5.75. The number of nitrogens with two attached hydrogens (primary N) is 1. The summed E-state index contributed by atoms with van der Waals surface area (Å²) in [6.07, 6.45) is 4.25. The van der Waals surface area contributed by atoms with Crippen LogP contribution in [0.4, 0.5) is 0 Å². The van der Waals surface area contributed by atoms with E-state index in [2.05, 4.69) is 14.6 Å². The van der Waals surface area contributed by atoms with E-state index in [1.807, 2.05) is 24.9 Å². The highest BCUT2D eigenvalue weighted by Crippen LogP contribution is 2.01. The Morgan fingerprint density at radius 2 is 2.41 bits per heavy atom. The van der Waals surface area contributed by atoms with Crippen LogP contribution in [0.15, 0.2) is 12.4 Å². The monoisotopic (exact) mass is 240 g/mol. The maximum Gasteiger partial charge on any atom is 0.322 e. The second-order valence-corrected chi connectivity index (χ2v) is 4.11. The van der Waals surface area contributed by atoms with Crippen molar-refractivity contribution < 1.29 is 9.53 Å². The van der Waals surface area contributed by atoms with Crippen molar-refractivity contribution in [3.63, 3.8) is 0 Å². The molecule has 0 saturated carbocycles. The van der Waals surface area contributed by atoms with Gasteiger partial charge >= 0.3 is 5.97 Å². The largest absolute Gasteiger partial charge is 0.468 e. The highest BCUT2D eigenvalue weighted by atomic mass is 16.5. The first-order chi connectivity index (χ1) is 8.04. The van der Waals surface area contributed by atoms with Gasteiger partial charge in [0.15, 0.2) is 0 Å². The summed E-state index contributed by atoms with van der Waals surface area (Å²) >= 11 is 0. The lowest BCUT2D eigenvalue weighted by atomic mass is 10.2. The number of aryl methyl sites for hydroxylation is 1. The van der Waals surface area contributed by atoms with Crippen LogP contribution in [0.3, 0.4) is 0 Å². The molecule has 2 N–H and O–H groups in total. The molecule has 1 unspecified atom stereocenters. The van der Waals surface area contributed by atoms with E-state index >= 15 is 0 Å². The molecule has 0 aliphatic rings. The van der Waals surface area contributed by atoms with Crippen molar-refractivity contribution in [3.05, 3.63) is 18.2 Å². The van der Waals surface area contributed by atoms with Crippen LogP contribution in [0.1, 0.15) is 12.2 Å². The molecule has 1 heterocycles. The van der Waals surface area contributed by atoms with E-state index in [0.717, 1.165) is 18.9 Å². The number of imidazole rings is 1. The lowest BCUT2D eigenvalue weighted by Gasteiger charge is -2.18. The van der Waals surface area contributed by atoms with Crippen molar-refractivity contribution in [2.45, 2.75) is 19.0 Å². The zero-order valence-corrected chi connectivity index (χ0v) is 10.6. The van der Waals surface area contributed by atoms with Crippen LogP contribution < -0.4 is 5.73 Å². The molecule has 6 heteroatoms. The maximum absolute atomic E-state index is 11.1. The quantitative estimate of drug-likeness (QED) is 0.694. The SMILES string of the molecule is COC(=O)C(N)CCN(C)Cc1nccn1C. The fourth-order valence-corrected chi connectivity index (χ4v) is 1.50. The Hall–Kier alpha value is -1.40. The molecule has 0 spiro atoms. The molecule has 1 atom stereocenters. The Bertz CT molecular complexity index is 364. The van der Waals surface area contributed by atoms with Gasteiger partial charge in [0.1, 0.15) is 11.9 Å². The third kappa shape index (κ3) is 4.16. The van der Waals surface area contributed by atoms with Gasteiger partial charge in [0, 0.05) is 26.0 Å². The number of hydrogen-bond donors (Lipinski definition) is 1. The predicted octanol–water partition coefficient (Wildman–Crippen LogP) is -0.258. The Morgan fingerprint density at radius 3 is 2.94 bits per heavy atom. The van der Waals surface area contributed by atoms with Crippen LogP contribution in [-0.2, 0) is 23.1 Å². The standard InChI is InChI=1S/C11H20N4O2/c1-14(6-4-9(12)11(16)17-3)8-10-13-5-7-15(10)2/h5,7,9H,4,6,8,12H2,1-3H3. The number of ether oxygens (including phenoxy) is 1. The lowest BCUT2D eigenvalue weighted by Crippen LogP contribution is -2.35. The summed E-state index contributed by atoms with van der Waals surface area (Å²) in [6, 6.07) is -0.552. The highest BCUT2D eigenvalue weighted by Gasteiger charge is 2.14. The van der Waals surface area contributed by atoms with Gasteiger partial charge in [-0.1, -0.05) is 0 Å². The van der Waals surface area contributed by atoms with Gasteiger partial charge in [0.05, 0.1) is 13.7 Å². The molecule has 0 amide bonds. The van der Waals surface area contributed by atoms with Crippen LogP contribution >= 0.6 is 0 Å². The van der Waals surface area contributed by atoms with Crippen molar-refractivity contribution in [1.82, 2.24) is 14.5 Å². The van der Waals surface area contributed by atoms with E-state index in [-0.39, 0.29) is 5.97 Å². The first kappa shape index (κ1) is 13.7. The third-order valence-corrected chi connectivity index (χ3v) is 2.66. The first-order valence-electron chi connectivity index (χ1n) is 5.52. The van der Waals surface area contributed by atoms with Crippen LogP contribution in [0.5, 0.6) is 0 Å². The Balaban J connectivity index is 2.33. The Labute approximate surface area is 101 Å². The smallest absolute Gasteiger partial charge is 0.322 e. The Morgan fingerprint density at radius 1 is 1.71 bits per heavy atom. The van der Waals surface area contributed by atoms with E-state index < -0.39 is 6.04 Å². The first-order valence-corrected chi connectivity index (χ1v) is 5.52. The molecule has 6 nitrogen and oxygen atoms in total. The van der Waals surface area contributed by atoms with Crippen molar-refractivity contribution >= 4 is 5.97 Å². The summed E-state index contributed by atoms with van der Waals surface area (Å²) in [5.74, 6) is 0.620. The van der Waals surface area contributed by atoms with Gasteiger partial charge in [0.2, 0.25) is 0 Å². The minimum atomic E-state index is -0.552. The number of nitrogens with zero attached hydrogens (tertiary/aromatic N) is 3. The zero-order valence-electron chi connectivity index (χ0n) is 10.6. The molecule has 0 bridgehead atoms. The second-order valence-electron chi connectivity index (χ2n) is 4.11. The van der Waals surface area contributed by atoms with Gasteiger partial charge in [-0.25, -0.2) is 4.98 Å². The van der Waals surface area contributed by atoms with Gasteiger partial charge in [-0.15, -0.1) is 0 Å². The van der Waals surface area contributed by atoms with E-state index in [9.17, 15) is 4.79 Å². The summed E-state index contributed by atoms with van der Waals surface area (Å²) in [4.78, 5) is 17.4. The number of methoxy groups -OCH3 is 1. The van der Waals surface area contributed by atoms with Gasteiger partial charge < -0.3 is 15.0 Å². The molecule has 1 aromatic rings. The van der Waals surface area contributed by atoms with Gasteiger partial charge in [-0.2, -0.15) is 0 Å². The van der Waals surface area contributed by atoms with Gasteiger partial charge in [-0.3, -0.25) is 9.69 Å². The van der Waals surface area contributed by atoms with E-state index in [1.54, 1.807) is 6.20 Å². The van der Waals surface area contributed by atoms with Crippen LogP contribution in [0, 0.1) is 0 Å². The molecule has 1 rings (SSSR count). The lowest BCUT2D eigenvalue weighted by molar-refractivity contribution is -0.142. The average molecular weight is 240 g/mol. The summed E-state index contributed by atoms with van der Waals surface area (Å²) < 4.78 is 6.54. The fourth-order valence-electron chi connectivity index (χ4n) is 1.50. The van der Waals surface area contributed by atoms with Crippen LogP contribution in [-0.4, -0.2) is 47.2 Å². The summed E-state index contributed by atoms with van der Waals surface area (Å²) in [6.45, 7) is 1.46. The normalized spacial score (nSPS) is 12.8. The van der Waals surface area contributed by atoms with E-state index in [0.29, 0.717) is 6.42 Å². The van der Waals surface area contributed by atoms with Crippen molar-refractivity contribution in [1.29, 1.82) is 0 Å². The average Bonchev–Trinajstić information content (AvgIpc) is 2.71. The van der Waals surface area contributed by atoms with E-state index in [1.165, 1.54) is 7.11 Å². The third-order valence-electron chi connectivity index (χ3n) is 2.66. The summed E-state index contributed by atoms with van der Waals surface area (Å²) in [7, 11) is 5.27. The second kappa shape index (κ2) is 6.36. The predicted molar refractivity (Wildman–Crippen MR) is 64.2 cm³/mol. The number of esters is 1. The number of rotatable bonds is 6.